The highest BCUT2D eigenvalue weighted by atomic mass is 35.5. The number of hydrogen-bond acceptors (Lipinski definition) is 2. The van der Waals surface area contributed by atoms with Crippen molar-refractivity contribution >= 4 is 11.6 Å². The summed E-state index contributed by atoms with van der Waals surface area (Å²) in [5.41, 5.74) is 3.15. The van der Waals surface area contributed by atoms with Crippen molar-refractivity contribution in [3.8, 4) is 0 Å². The molecule has 0 saturated heterocycles. The normalized spacial score (nSPS) is 12.3. The van der Waals surface area contributed by atoms with Crippen molar-refractivity contribution in [2.45, 2.75) is 12.1 Å². The smallest absolute Gasteiger partial charge is 0.0915 e. The van der Waals surface area contributed by atoms with E-state index in [0.29, 0.717) is 11.6 Å². The van der Waals surface area contributed by atoms with Crippen LogP contribution < -0.4 is 5.32 Å². The van der Waals surface area contributed by atoms with Gasteiger partial charge in [0.1, 0.15) is 0 Å². The van der Waals surface area contributed by atoms with Gasteiger partial charge in [0.05, 0.1) is 12.1 Å². The monoisotopic (exact) mass is 337 g/mol. The lowest BCUT2D eigenvalue weighted by Gasteiger charge is -2.22. The standard InChI is InChI=1S/C21H20ClNO/c22-19-13-7-12-18(14-19)20(24)15-23-21(16-8-3-1-4-9-16)17-10-5-2-6-11-17/h1-14,20-21,23-24H,15H2. The summed E-state index contributed by atoms with van der Waals surface area (Å²) in [6.07, 6.45) is -0.612. The van der Waals surface area contributed by atoms with E-state index >= 15 is 0 Å². The van der Waals surface area contributed by atoms with Crippen LogP contribution in [-0.2, 0) is 0 Å². The van der Waals surface area contributed by atoms with E-state index in [9.17, 15) is 5.11 Å². The predicted octanol–water partition coefficient (Wildman–Crippen LogP) is 4.75. The summed E-state index contributed by atoms with van der Waals surface area (Å²) in [6.45, 7) is 0.439. The van der Waals surface area contributed by atoms with Crippen LogP contribution in [0.2, 0.25) is 5.02 Å². The van der Waals surface area contributed by atoms with Crippen LogP contribution in [0.4, 0.5) is 0 Å². The Morgan fingerprint density at radius 2 is 1.29 bits per heavy atom. The molecule has 3 aromatic rings. The van der Waals surface area contributed by atoms with E-state index in [1.807, 2.05) is 54.6 Å². The molecule has 0 saturated carbocycles. The summed E-state index contributed by atoms with van der Waals surface area (Å²) < 4.78 is 0. The summed E-state index contributed by atoms with van der Waals surface area (Å²) in [4.78, 5) is 0. The maximum Gasteiger partial charge on any atom is 0.0915 e. The first-order chi connectivity index (χ1) is 11.7. The van der Waals surface area contributed by atoms with Crippen molar-refractivity contribution < 1.29 is 5.11 Å². The second-order valence-corrected chi connectivity index (χ2v) is 6.17. The fourth-order valence-corrected chi connectivity index (χ4v) is 2.98. The maximum absolute atomic E-state index is 10.5. The average molecular weight is 338 g/mol. The third-order valence-corrected chi connectivity index (χ3v) is 4.25. The minimum absolute atomic E-state index is 0.0289. The Balaban J connectivity index is 1.78. The molecule has 3 aromatic carbocycles. The van der Waals surface area contributed by atoms with E-state index in [1.54, 1.807) is 6.07 Å². The third kappa shape index (κ3) is 4.24. The van der Waals surface area contributed by atoms with Crippen LogP contribution in [0.15, 0.2) is 84.9 Å². The average Bonchev–Trinajstić information content (AvgIpc) is 2.63. The number of aliphatic hydroxyl groups excluding tert-OH is 1. The molecular formula is C21H20ClNO. The van der Waals surface area contributed by atoms with Gasteiger partial charge in [-0.15, -0.1) is 0 Å². The molecule has 0 amide bonds. The van der Waals surface area contributed by atoms with Gasteiger partial charge in [-0.2, -0.15) is 0 Å². The molecule has 3 heteroatoms. The number of hydrogen-bond donors (Lipinski definition) is 2. The lowest BCUT2D eigenvalue weighted by atomic mass is 9.98. The molecule has 2 N–H and O–H groups in total. The van der Waals surface area contributed by atoms with Gasteiger partial charge < -0.3 is 10.4 Å². The highest BCUT2D eigenvalue weighted by Crippen LogP contribution is 2.23. The van der Waals surface area contributed by atoms with Gasteiger partial charge in [-0.05, 0) is 28.8 Å². The molecule has 0 aliphatic heterocycles. The molecule has 3 rings (SSSR count). The van der Waals surface area contributed by atoms with Crippen molar-refractivity contribution in [3.63, 3.8) is 0 Å². The van der Waals surface area contributed by atoms with Crippen molar-refractivity contribution in [1.29, 1.82) is 0 Å². The summed E-state index contributed by atoms with van der Waals surface area (Å²) in [7, 11) is 0. The zero-order chi connectivity index (χ0) is 16.8. The summed E-state index contributed by atoms with van der Waals surface area (Å²) in [5, 5.41) is 14.6. The summed E-state index contributed by atoms with van der Waals surface area (Å²) in [6, 6.07) is 27.9. The molecule has 1 atom stereocenters. The highest BCUT2D eigenvalue weighted by Gasteiger charge is 2.16. The molecule has 0 heterocycles. The van der Waals surface area contributed by atoms with Crippen LogP contribution in [0, 0.1) is 0 Å². The number of nitrogens with one attached hydrogen (secondary N) is 1. The van der Waals surface area contributed by atoms with Crippen LogP contribution in [0.1, 0.15) is 28.8 Å². The molecule has 0 fully saturated rings. The topological polar surface area (TPSA) is 32.3 Å². The summed E-state index contributed by atoms with van der Waals surface area (Å²) >= 11 is 6.01. The zero-order valence-corrected chi connectivity index (χ0v) is 14.0. The van der Waals surface area contributed by atoms with Crippen LogP contribution in [0.5, 0.6) is 0 Å². The van der Waals surface area contributed by atoms with Gasteiger partial charge in [0.2, 0.25) is 0 Å². The number of aliphatic hydroxyl groups is 1. The lowest BCUT2D eigenvalue weighted by Crippen LogP contribution is -2.27. The molecule has 24 heavy (non-hydrogen) atoms. The molecule has 1 unspecified atom stereocenters. The quantitative estimate of drug-likeness (QED) is 0.680. The molecule has 122 valence electrons. The predicted molar refractivity (Wildman–Crippen MR) is 99.1 cm³/mol. The van der Waals surface area contributed by atoms with Gasteiger partial charge in [-0.25, -0.2) is 0 Å². The van der Waals surface area contributed by atoms with Gasteiger partial charge in [-0.3, -0.25) is 0 Å². The first kappa shape index (κ1) is 16.7. The lowest BCUT2D eigenvalue weighted by molar-refractivity contribution is 0.172. The van der Waals surface area contributed by atoms with Crippen LogP contribution in [0.25, 0.3) is 0 Å². The summed E-state index contributed by atoms with van der Waals surface area (Å²) in [5.74, 6) is 0. The van der Waals surface area contributed by atoms with Gasteiger partial charge in [0.15, 0.2) is 0 Å². The van der Waals surface area contributed by atoms with Gasteiger partial charge in [0.25, 0.3) is 0 Å². The van der Waals surface area contributed by atoms with Crippen molar-refractivity contribution in [2.75, 3.05) is 6.54 Å². The first-order valence-corrected chi connectivity index (χ1v) is 8.38. The zero-order valence-electron chi connectivity index (χ0n) is 13.3. The minimum atomic E-state index is -0.612. The molecule has 0 aliphatic rings. The number of benzene rings is 3. The van der Waals surface area contributed by atoms with Crippen molar-refractivity contribution in [3.05, 3.63) is 107 Å². The molecule has 0 aliphatic carbocycles. The Morgan fingerprint density at radius 3 is 1.83 bits per heavy atom. The Morgan fingerprint density at radius 1 is 0.750 bits per heavy atom. The molecule has 0 bridgehead atoms. The largest absolute Gasteiger partial charge is 0.387 e. The Bertz CT molecular complexity index is 722. The van der Waals surface area contributed by atoms with E-state index < -0.39 is 6.10 Å². The maximum atomic E-state index is 10.5. The fourth-order valence-electron chi connectivity index (χ4n) is 2.78. The van der Waals surface area contributed by atoms with E-state index in [2.05, 4.69) is 29.6 Å². The van der Waals surface area contributed by atoms with Crippen LogP contribution in [-0.4, -0.2) is 11.7 Å². The van der Waals surface area contributed by atoms with Gasteiger partial charge >= 0.3 is 0 Å². The number of rotatable bonds is 6. The van der Waals surface area contributed by atoms with Crippen LogP contribution >= 0.6 is 11.6 Å². The molecule has 2 nitrogen and oxygen atoms in total. The third-order valence-electron chi connectivity index (χ3n) is 4.01. The Labute approximate surface area is 147 Å². The number of halogens is 1. The van der Waals surface area contributed by atoms with Crippen LogP contribution in [0.3, 0.4) is 0 Å². The van der Waals surface area contributed by atoms with Crippen molar-refractivity contribution in [1.82, 2.24) is 5.32 Å². The second-order valence-electron chi connectivity index (χ2n) is 5.73. The molecular weight excluding hydrogens is 318 g/mol. The van der Waals surface area contributed by atoms with E-state index in [-0.39, 0.29) is 6.04 Å². The Hall–Kier alpha value is -2.13. The SMILES string of the molecule is OC(CNC(c1ccccc1)c1ccccc1)c1cccc(Cl)c1. The molecule has 0 spiro atoms. The highest BCUT2D eigenvalue weighted by molar-refractivity contribution is 6.30. The van der Waals surface area contributed by atoms with E-state index in [4.69, 9.17) is 11.6 Å². The van der Waals surface area contributed by atoms with E-state index in [1.165, 1.54) is 11.1 Å². The minimum Gasteiger partial charge on any atom is -0.387 e. The molecule has 0 aromatic heterocycles. The van der Waals surface area contributed by atoms with E-state index in [0.717, 1.165) is 5.56 Å². The van der Waals surface area contributed by atoms with Gasteiger partial charge in [0, 0.05) is 11.6 Å². The van der Waals surface area contributed by atoms with Gasteiger partial charge in [-0.1, -0.05) is 84.4 Å². The van der Waals surface area contributed by atoms with Crippen molar-refractivity contribution in [2.24, 2.45) is 0 Å². The molecule has 0 radical (unpaired) electrons. The first-order valence-electron chi connectivity index (χ1n) is 8.01. The second kappa shape index (κ2) is 8.11. The fraction of sp³-hybridized carbons (Fsp3) is 0.143. The Kier molecular flexibility index (Phi) is 5.65.